The van der Waals surface area contributed by atoms with E-state index in [1.807, 2.05) is 13.0 Å². The van der Waals surface area contributed by atoms with Crippen LogP contribution in [0.3, 0.4) is 0 Å². The van der Waals surface area contributed by atoms with Gasteiger partial charge in [-0.3, -0.25) is 30.0 Å². The number of nitrogens with zero attached hydrogens (tertiary/aromatic N) is 1. The summed E-state index contributed by atoms with van der Waals surface area (Å²) in [6.07, 6.45) is -0.0387. The predicted molar refractivity (Wildman–Crippen MR) is 150 cm³/mol. The van der Waals surface area contributed by atoms with E-state index in [0.717, 1.165) is 16.9 Å². The molecule has 1 aliphatic rings. The number of carbonyl (C=O) groups excluding carboxylic acids is 4. The summed E-state index contributed by atoms with van der Waals surface area (Å²) < 4.78 is 11.2. The van der Waals surface area contributed by atoms with Crippen molar-refractivity contribution in [1.29, 1.82) is 0 Å². The van der Waals surface area contributed by atoms with E-state index in [9.17, 15) is 19.2 Å². The molecule has 3 amide bonds. The van der Waals surface area contributed by atoms with Crippen LogP contribution in [0.5, 0.6) is 11.5 Å². The maximum absolute atomic E-state index is 12.6. The van der Waals surface area contributed by atoms with Crippen molar-refractivity contribution in [2.75, 3.05) is 18.1 Å². The SMILES string of the molecule is Cc1ccc(C(C)C)c(Oc2ccc(N3C[C@H](C(=O)OCC(=O)NNC(=O)c4ccccc4Cl)CC3=O)cc2)c1. The molecule has 3 aromatic carbocycles. The molecule has 0 saturated carbocycles. The Balaban J connectivity index is 1.28. The zero-order chi connectivity index (χ0) is 28.8. The average Bonchev–Trinajstić information content (AvgIpc) is 3.32. The third-order valence-corrected chi connectivity index (χ3v) is 6.73. The minimum absolute atomic E-state index is 0.0387. The number of carbonyl (C=O) groups is 4. The van der Waals surface area contributed by atoms with E-state index in [1.165, 1.54) is 11.0 Å². The van der Waals surface area contributed by atoms with Crippen molar-refractivity contribution >= 4 is 41.0 Å². The van der Waals surface area contributed by atoms with E-state index in [1.54, 1.807) is 42.5 Å². The van der Waals surface area contributed by atoms with E-state index in [2.05, 4.69) is 36.8 Å². The van der Waals surface area contributed by atoms with Gasteiger partial charge in [0.05, 0.1) is 16.5 Å². The van der Waals surface area contributed by atoms with Gasteiger partial charge in [0.15, 0.2) is 6.61 Å². The summed E-state index contributed by atoms with van der Waals surface area (Å²) in [6.45, 7) is 5.72. The van der Waals surface area contributed by atoms with Crippen LogP contribution in [-0.4, -0.2) is 36.8 Å². The van der Waals surface area contributed by atoms with Crippen molar-refractivity contribution in [3.8, 4) is 11.5 Å². The van der Waals surface area contributed by atoms with Gasteiger partial charge >= 0.3 is 5.97 Å². The fourth-order valence-electron chi connectivity index (χ4n) is 4.27. The lowest BCUT2D eigenvalue weighted by molar-refractivity contribution is -0.152. The monoisotopic (exact) mass is 563 g/mol. The first kappa shape index (κ1) is 28.6. The van der Waals surface area contributed by atoms with Crippen molar-refractivity contribution in [3.63, 3.8) is 0 Å². The first-order chi connectivity index (χ1) is 19.1. The van der Waals surface area contributed by atoms with Crippen LogP contribution in [0.25, 0.3) is 0 Å². The standard InChI is InChI=1S/C30H30ClN3O6/c1-18(2)23-13-8-19(3)14-26(23)40-22-11-9-21(10-12-22)34-16-20(15-28(34)36)30(38)39-17-27(35)32-33-29(37)24-6-4-5-7-25(24)31/h4-14,18,20H,15-17H2,1-3H3,(H,32,35)(H,33,37)/t20-/m1/s1. The van der Waals surface area contributed by atoms with Gasteiger partial charge in [0.2, 0.25) is 5.91 Å². The molecule has 1 heterocycles. The Morgan fingerprint density at radius 1 is 1.02 bits per heavy atom. The summed E-state index contributed by atoms with van der Waals surface area (Å²) in [6, 6.07) is 19.5. The Bertz CT molecular complexity index is 1420. The summed E-state index contributed by atoms with van der Waals surface area (Å²) in [7, 11) is 0. The van der Waals surface area contributed by atoms with Crippen LogP contribution in [0, 0.1) is 12.8 Å². The van der Waals surface area contributed by atoms with Crippen molar-refractivity contribution in [2.24, 2.45) is 5.92 Å². The topological polar surface area (TPSA) is 114 Å². The minimum atomic E-state index is -0.736. The Morgan fingerprint density at radius 2 is 1.75 bits per heavy atom. The van der Waals surface area contributed by atoms with Crippen molar-refractivity contribution in [2.45, 2.75) is 33.1 Å². The van der Waals surface area contributed by atoms with Crippen LogP contribution in [0.15, 0.2) is 66.7 Å². The van der Waals surface area contributed by atoms with Gasteiger partial charge in [-0.25, -0.2) is 0 Å². The highest BCUT2D eigenvalue weighted by molar-refractivity contribution is 6.33. The highest BCUT2D eigenvalue weighted by atomic mass is 35.5. The van der Waals surface area contributed by atoms with E-state index < -0.39 is 30.3 Å². The second-order valence-corrected chi connectivity index (χ2v) is 10.2. The molecule has 10 heteroatoms. The highest BCUT2D eigenvalue weighted by Crippen LogP contribution is 2.33. The maximum atomic E-state index is 12.6. The second-order valence-electron chi connectivity index (χ2n) is 9.79. The molecule has 0 radical (unpaired) electrons. The Morgan fingerprint density at radius 3 is 2.45 bits per heavy atom. The molecule has 2 N–H and O–H groups in total. The molecule has 3 aromatic rings. The molecule has 1 atom stereocenters. The van der Waals surface area contributed by atoms with Crippen molar-refractivity contribution < 1.29 is 28.7 Å². The van der Waals surface area contributed by atoms with E-state index in [4.69, 9.17) is 21.1 Å². The Hall–Kier alpha value is -4.37. The summed E-state index contributed by atoms with van der Waals surface area (Å²) in [5.74, 6) is -1.27. The van der Waals surface area contributed by atoms with Gasteiger partial charge in [0.25, 0.3) is 11.8 Å². The van der Waals surface area contributed by atoms with Crippen LogP contribution < -0.4 is 20.5 Å². The Labute approximate surface area is 237 Å². The van der Waals surface area contributed by atoms with Crippen LogP contribution >= 0.6 is 11.6 Å². The van der Waals surface area contributed by atoms with Crippen LogP contribution in [0.2, 0.25) is 5.02 Å². The quantitative estimate of drug-likeness (QED) is 0.297. The number of ether oxygens (including phenoxy) is 2. The lowest BCUT2D eigenvalue weighted by Gasteiger charge is -2.18. The maximum Gasteiger partial charge on any atom is 0.311 e. The number of amides is 3. The third kappa shape index (κ3) is 6.98. The van der Waals surface area contributed by atoms with Crippen LogP contribution in [0.1, 0.15) is 47.7 Å². The zero-order valence-electron chi connectivity index (χ0n) is 22.4. The molecule has 1 saturated heterocycles. The highest BCUT2D eigenvalue weighted by Gasteiger charge is 2.36. The number of rotatable bonds is 8. The lowest BCUT2D eigenvalue weighted by Crippen LogP contribution is -2.44. The summed E-state index contributed by atoms with van der Waals surface area (Å²) in [5.41, 5.74) is 7.38. The molecular weight excluding hydrogens is 534 g/mol. The third-order valence-electron chi connectivity index (χ3n) is 6.41. The molecule has 0 aromatic heterocycles. The van der Waals surface area contributed by atoms with Gasteiger partial charge in [-0.2, -0.15) is 0 Å². The van der Waals surface area contributed by atoms with E-state index >= 15 is 0 Å². The normalized spacial score (nSPS) is 14.7. The number of benzene rings is 3. The van der Waals surface area contributed by atoms with E-state index in [0.29, 0.717) is 17.4 Å². The fourth-order valence-corrected chi connectivity index (χ4v) is 4.49. The molecular formula is C30H30ClN3O6. The van der Waals surface area contributed by atoms with Gasteiger partial charge in [0.1, 0.15) is 11.5 Å². The summed E-state index contributed by atoms with van der Waals surface area (Å²) in [5, 5.41) is 0.227. The summed E-state index contributed by atoms with van der Waals surface area (Å²) in [4.78, 5) is 50.9. The number of nitrogens with one attached hydrogen (secondary N) is 2. The molecule has 4 rings (SSSR count). The van der Waals surface area contributed by atoms with Crippen molar-refractivity contribution in [3.05, 3.63) is 88.4 Å². The molecule has 40 heavy (non-hydrogen) atoms. The molecule has 0 bridgehead atoms. The molecule has 0 unspecified atom stereocenters. The van der Waals surface area contributed by atoms with E-state index in [-0.39, 0.29) is 29.5 Å². The molecule has 208 valence electrons. The number of hydrazine groups is 1. The number of hydrogen-bond donors (Lipinski definition) is 2. The van der Waals surface area contributed by atoms with Crippen LogP contribution in [-0.2, 0) is 19.1 Å². The number of halogens is 1. The number of esters is 1. The zero-order valence-corrected chi connectivity index (χ0v) is 23.2. The van der Waals surface area contributed by atoms with Gasteiger partial charge < -0.3 is 14.4 Å². The fraction of sp³-hybridized carbons (Fsp3) is 0.267. The average molecular weight is 564 g/mol. The number of hydrogen-bond acceptors (Lipinski definition) is 6. The van der Waals surface area contributed by atoms with Crippen LogP contribution in [0.4, 0.5) is 5.69 Å². The molecule has 9 nitrogen and oxygen atoms in total. The molecule has 1 aliphatic heterocycles. The van der Waals surface area contributed by atoms with Gasteiger partial charge in [-0.05, 0) is 66.4 Å². The number of aryl methyl sites for hydroxylation is 1. The lowest BCUT2D eigenvalue weighted by atomic mass is 10.0. The van der Waals surface area contributed by atoms with Gasteiger partial charge in [-0.1, -0.05) is 49.7 Å². The molecule has 0 spiro atoms. The number of anilines is 1. The smallest absolute Gasteiger partial charge is 0.311 e. The Kier molecular flexibility index (Phi) is 9.06. The molecule has 0 aliphatic carbocycles. The molecule has 1 fully saturated rings. The van der Waals surface area contributed by atoms with Crippen molar-refractivity contribution in [1.82, 2.24) is 10.9 Å². The second kappa shape index (κ2) is 12.7. The summed E-state index contributed by atoms with van der Waals surface area (Å²) >= 11 is 5.96. The largest absolute Gasteiger partial charge is 0.457 e. The first-order valence-electron chi connectivity index (χ1n) is 12.8. The van der Waals surface area contributed by atoms with Gasteiger partial charge in [0, 0.05) is 18.7 Å². The first-order valence-corrected chi connectivity index (χ1v) is 13.2. The predicted octanol–water partition coefficient (Wildman–Crippen LogP) is 4.92. The minimum Gasteiger partial charge on any atom is -0.457 e. The van der Waals surface area contributed by atoms with Gasteiger partial charge in [-0.15, -0.1) is 0 Å².